The first-order valence-corrected chi connectivity index (χ1v) is 10.1. The van der Waals surface area contributed by atoms with Crippen molar-refractivity contribution in [3.63, 3.8) is 0 Å². The van der Waals surface area contributed by atoms with Crippen LogP contribution in [-0.2, 0) is 4.79 Å². The van der Waals surface area contributed by atoms with Gasteiger partial charge < -0.3 is 9.47 Å². The number of benzene rings is 2. The summed E-state index contributed by atoms with van der Waals surface area (Å²) in [6, 6.07) is 15.1. The van der Waals surface area contributed by atoms with Crippen LogP contribution in [0.3, 0.4) is 0 Å². The highest BCUT2D eigenvalue weighted by Crippen LogP contribution is 2.34. The minimum absolute atomic E-state index is 0.258. The SMILES string of the molecule is CCOc1ccccc1/C=N\N1C(=O)/C(=C\c2ccccc2OCC)SC1=S. The smallest absolute Gasteiger partial charge is 0.286 e. The highest BCUT2D eigenvalue weighted by molar-refractivity contribution is 8.26. The van der Waals surface area contributed by atoms with E-state index in [9.17, 15) is 4.79 Å². The summed E-state index contributed by atoms with van der Waals surface area (Å²) in [4.78, 5) is 13.3. The van der Waals surface area contributed by atoms with E-state index in [0.29, 0.717) is 28.2 Å². The lowest BCUT2D eigenvalue weighted by Crippen LogP contribution is -2.22. The zero-order valence-electron chi connectivity index (χ0n) is 15.6. The van der Waals surface area contributed by atoms with Crippen molar-refractivity contribution in [1.29, 1.82) is 0 Å². The van der Waals surface area contributed by atoms with Gasteiger partial charge in [0.15, 0.2) is 4.32 Å². The van der Waals surface area contributed by atoms with E-state index in [2.05, 4.69) is 5.10 Å². The molecule has 0 atom stereocenters. The van der Waals surface area contributed by atoms with Gasteiger partial charge in [0, 0.05) is 11.1 Å². The van der Waals surface area contributed by atoms with E-state index in [4.69, 9.17) is 21.7 Å². The normalized spacial score (nSPS) is 15.6. The van der Waals surface area contributed by atoms with Crippen molar-refractivity contribution >= 4 is 46.5 Å². The third kappa shape index (κ3) is 4.61. The van der Waals surface area contributed by atoms with Crippen molar-refractivity contribution < 1.29 is 14.3 Å². The zero-order chi connectivity index (χ0) is 19.9. The standard InChI is InChI=1S/C21H20N2O3S2/c1-3-25-17-11-7-5-9-15(17)13-19-20(24)23(21(27)28-19)22-14-16-10-6-8-12-18(16)26-4-2/h5-14H,3-4H2,1-2H3/b19-13+,22-14-. The number of amides is 1. The Kier molecular flexibility index (Phi) is 6.84. The van der Waals surface area contributed by atoms with E-state index in [1.165, 1.54) is 16.8 Å². The van der Waals surface area contributed by atoms with Crippen LogP contribution in [0.1, 0.15) is 25.0 Å². The first-order valence-electron chi connectivity index (χ1n) is 8.89. The zero-order valence-corrected chi connectivity index (χ0v) is 17.3. The molecule has 0 aliphatic carbocycles. The molecule has 3 rings (SSSR count). The number of carbonyl (C=O) groups is 1. The van der Waals surface area contributed by atoms with Crippen LogP contribution in [0.15, 0.2) is 58.5 Å². The molecule has 1 fully saturated rings. The highest BCUT2D eigenvalue weighted by atomic mass is 32.2. The first-order chi connectivity index (χ1) is 13.6. The van der Waals surface area contributed by atoms with Gasteiger partial charge in [-0.1, -0.05) is 42.1 Å². The van der Waals surface area contributed by atoms with E-state index in [1.807, 2.05) is 62.4 Å². The summed E-state index contributed by atoms with van der Waals surface area (Å²) >= 11 is 6.57. The Morgan fingerprint density at radius 1 is 1.00 bits per heavy atom. The fourth-order valence-electron chi connectivity index (χ4n) is 2.58. The van der Waals surface area contributed by atoms with Gasteiger partial charge >= 0.3 is 0 Å². The number of thioether (sulfide) groups is 1. The summed E-state index contributed by atoms with van der Waals surface area (Å²) in [5, 5.41) is 5.53. The lowest BCUT2D eigenvalue weighted by molar-refractivity contribution is -0.122. The maximum absolute atomic E-state index is 12.8. The number of carbonyl (C=O) groups excluding carboxylic acids is 1. The average Bonchev–Trinajstić information content (AvgIpc) is 2.96. The van der Waals surface area contributed by atoms with Crippen LogP contribution < -0.4 is 9.47 Å². The molecule has 1 heterocycles. The second-order valence-electron chi connectivity index (χ2n) is 5.68. The number of rotatable bonds is 7. The van der Waals surface area contributed by atoms with Crippen molar-refractivity contribution in [2.45, 2.75) is 13.8 Å². The molecular formula is C21H20N2O3S2. The highest BCUT2D eigenvalue weighted by Gasteiger charge is 2.32. The first kappa shape index (κ1) is 20.1. The van der Waals surface area contributed by atoms with Crippen LogP contribution in [0, 0.1) is 0 Å². The van der Waals surface area contributed by atoms with Gasteiger partial charge in [-0.2, -0.15) is 10.1 Å². The number of hydrazone groups is 1. The quantitative estimate of drug-likeness (QED) is 0.374. The predicted octanol–water partition coefficient (Wildman–Crippen LogP) is 4.72. The molecule has 0 unspecified atom stereocenters. The van der Waals surface area contributed by atoms with Gasteiger partial charge in [0.25, 0.3) is 5.91 Å². The van der Waals surface area contributed by atoms with Gasteiger partial charge in [-0.25, -0.2) is 0 Å². The third-order valence-electron chi connectivity index (χ3n) is 3.81. The van der Waals surface area contributed by atoms with Crippen molar-refractivity contribution in [1.82, 2.24) is 5.01 Å². The topological polar surface area (TPSA) is 51.1 Å². The van der Waals surface area contributed by atoms with Gasteiger partial charge in [-0.3, -0.25) is 4.79 Å². The minimum Gasteiger partial charge on any atom is -0.493 e. The maximum Gasteiger partial charge on any atom is 0.286 e. The molecule has 1 amide bonds. The van der Waals surface area contributed by atoms with Crippen LogP contribution in [0.4, 0.5) is 0 Å². The number of hydrogen-bond donors (Lipinski definition) is 0. The summed E-state index contributed by atoms with van der Waals surface area (Å²) in [6.45, 7) is 4.94. The van der Waals surface area contributed by atoms with Gasteiger partial charge in [0.2, 0.25) is 0 Å². The van der Waals surface area contributed by atoms with E-state index in [-0.39, 0.29) is 5.91 Å². The lowest BCUT2D eigenvalue weighted by Gasteiger charge is -2.09. The molecule has 144 valence electrons. The van der Waals surface area contributed by atoms with E-state index >= 15 is 0 Å². The Balaban J connectivity index is 1.83. The molecule has 2 aromatic carbocycles. The van der Waals surface area contributed by atoms with Gasteiger partial charge in [0.05, 0.1) is 24.3 Å². The third-order valence-corrected chi connectivity index (χ3v) is 5.09. The summed E-state index contributed by atoms with van der Waals surface area (Å²) in [7, 11) is 0. The number of thiocarbonyl (C=S) groups is 1. The summed E-state index contributed by atoms with van der Waals surface area (Å²) in [5.74, 6) is 1.18. The van der Waals surface area contributed by atoms with Crippen LogP contribution in [-0.4, -0.2) is 34.7 Å². The average molecular weight is 413 g/mol. The number of ether oxygens (including phenoxy) is 2. The molecule has 0 aromatic heterocycles. The predicted molar refractivity (Wildman–Crippen MR) is 118 cm³/mol. The van der Waals surface area contributed by atoms with E-state index in [1.54, 1.807) is 12.3 Å². The van der Waals surface area contributed by atoms with Crippen LogP contribution >= 0.6 is 24.0 Å². The second kappa shape index (κ2) is 9.52. The van der Waals surface area contributed by atoms with Crippen LogP contribution in [0.2, 0.25) is 0 Å². The molecule has 0 radical (unpaired) electrons. The summed E-state index contributed by atoms with van der Waals surface area (Å²) in [6.07, 6.45) is 3.38. The van der Waals surface area contributed by atoms with Crippen LogP contribution in [0.5, 0.6) is 11.5 Å². The minimum atomic E-state index is -0.258. The number of nitrogens with zero attached hydrogens (tertiary/aromatic N) is 2. The fourth-order valence-corrected chi connectivity index (χ4v) is 3.74. The Hall–Kier alpha value is -2.64. The molecular weight excluding hydrogens is 392 g/mol. The van der Waals surface area contributed by atoms with Crippen LogP contribution in [0.25, 0.3) is 6.08 Å². The van der Waals surface area contributed by atoms with E-state index in [0.717, 1.165) is 16.9 Å². The van der Waals surface area contributed by atoms with Crippen molar-refractivity contribution in [3.05, 3.63) is 64.6 Å². The lowest BCUT2D eigenvalue weighted by atomic mass is 10.2. The van der Waals surface area contributed by atoms with Crippen molar-refractivity contribution in [2.75, 3.05) is 13.2 Å². The molecule has 0 N–H and O–H groups in total. The molecule has 1 aliphatic rings. The maximum atomic E-state index is 12.8. The monoisotopic (exact) mass is 412 g/mol. The molecule has 0 spiro atoms. The Morgan fingerprint density at radius 3 is 2.21 bits per heavy atom. The van der Waals surface area contributed by atoms with Crippen molar-refractivity contribution in [3.8, 4) is 11.5 Å². The fraction of sp³-hybridized carbons (Fsp3) is 0.190. The summed E-state index contributed by atoms with van der Waals surface area (Å²) < 4.78 is 11.6. The second-order valence-corrected chi connectivity index (χ2v) is 7.36. The Labute approximate surface area is 174 Å². The number of hydrogen-bond acceptors (Lipinski definition) is 6. The molecule has 5 nitrogen and oxygen atoms in total. The Bertz CT molecular complexity index is 941. The molecule has 7 heteroatoms. The molecule has 28 heavy (non-hydrogen) atoms. The molecule has 1 aliphatic heterocycles. The number of para-hydroxylation sites is 2. The molecule has 1 saturated heterocycles. The largest absolute Gasteiger partial charge is 0.493 e. The Morgan fingerprint density at radius 2 is 1.57 bits per heavy atom. The van der Waals surface area contributed by atoms with E-state index < -0.39 is 0 Å². The molecule has 0 saturated carbocycles. The van der Waals surface area contributed by atoms with Crippen molar-refractivity contribution in [2.24, 2.45) is 5.10 Å². The van der Waals surface area contributed by atoms with Gasteiger partial charge in [-0.05, 0) is 50.3 Å². The molecule has 0 bridgehead atoms. The van der Waals surface area contributed by atoms with Gasteiger partial charge in [-0.15, -0.1) is 0 Å². The molecule has 2 aromatic rings. The van der Waals surface area contributed by atoms with Gasteiger partial charge in [0.1, 0.15) is 11.5 Å². The summed E-state index contributed by atoms with van der Waals surface area (Å²) in [5.41, 5.74) is 1.61.